The lowest BCUT2D eigenvalue weighted by atomic mass is 9.98. The fraction of sp³-hybridized carbons (Fsp3) is 0.562. The molecular formula is C16H24N2S2. The second-order valence-corrected chi connectivity index (χ2v) is 6.94. The molecule has 0 amide bonds. The Hall–Kier alpha value is -0.740. The van der Waals surface area contributed by atoms with Crippen molar-refractivity contribution >= 4 is 34.7 Å². The average Bonchev–Trinajstić information content (AvgIpc) is 2.47. The van der Waals surface area contributed by atoms with E-state index in [1.807, 2.05) is 11.8 Å². The fourth-order valence-corrected chi connectivity index (χ4v) is 4.15. The van der Waals surface area contributed by atoms with Crippen molar-refractivity contribution in [1.82, 2.24) is 0 Å². The van der Waals surface area contributed by atoms with Crippen LogP contribution < -0.4 is 10.6 Å². The first-order valence-corrected chi connectivity index (χ1v) is 8.90. The molecule has 1 aliphatic heterocycles. The lowest BCUT2D eigenvalue weighted by molar-refractivity contribution is 0.449. The largest absolute Gasteiger partial charge is 0.389 e. The molecule has 1 aromatic carbocycles. The van der Waals surface area contributed by atoms with Gasteiger partial charge in [0, 0.05) is 28.7 Å². The zero-order chi connectivity index (χ0) is 14.5. The number of nitrogens with zero attached hydrogens (tertiary/aromatic N) is 1. The topological polar surface area (TPSA) is 29.3 Å². The van der Waals surface area contributed by atoms with Crippen molar-refractivity contribution in [1.29, 1.82) is 0 Å². The van der Waals surface area contributed by atoms with E-state index in [0.29, 0.717) is 11.0 Å². The minimum atomic E-state index is 0.525. The first-order valence-electron chi connectivity index (χ1n) is 7.51. The van der Waals surface area contributed by atoms with Crippen LogP contribution in [0.5, 0.6) is 0 Å². The van der Waals surface area contributed by atoms with Crippen LogP contribution in [0.1, 0.15) is 45.1 Å². The summed E-state index contributed by atoms with van der Waals surface area (Å²) >= 11 is 7.16. The van der Waals surface area contributed by atoms with E-state index < -0.39 is 0 Å². The highest BCUT2D eigenvalue weighted by Gasteiger charge is 2.24. The van der Waals surface area contributed by atoms with E-state index >= 15 is 0 Å². The third-order valence-electron chi connectivity index (χ3n) is 3.96. The van der Waals surface area contributed by atoms with Crippen molar-refractivity contribution in [3.05, 3.63) is 23.8 Å². The Bertz CT molecular complexity index is 474. The van der Waals surface area contributed by atoms with Gasteiger partial charge in [-0.3, -0.25) is 0 Å². The second kappa shape index (κ2) is 7.32. The van der Waals surface area contributed by atoms with Gasteiger partial charge in [-0.2, -0.15) is 0 Å². The molecule has 0 spiro atoms. The summed E-state index contributed by atoms with van der Waals surface area (Å²) in [7, 11) is 0. The van der Waals surface area contributed by atoms with E-state index in [0.717, 1.165) is 17.9 Å². The van der Waals surface area contributed by atoms with Gasteiger partial charge in [0.05, 0.1) is 0 Å². The quantitative estimate of drug-likeness (QED) is 0.652. The predicted octanol–water partition coefficient (Wildman–Crippen LogP) is 4.20. The number of rotatable bonds is 5. The molecule has 2 rings (SSSR count). The third-order valence-corrected chi connectivity index (χ3v) is 5.10. The summed E-state index contributed by atoms with van der Waals surface area (Å²) in [5.74, 6) is 1.04. The normalized spacial score (nSPS) is 19.1. The molecule has 0 aliphatic carbocycles. The Morgan fingerprint density at radius 2 is 2.20 bits per heavy atom. The van der Waals surface area contributed by atoms with Gasteiger partial charge in [0.2, 0.25) is 0 Å². The second-order valence-electron chi connectivity index (χ2n) is 5.20. The summed E-state index contributed by atoms with van der Waals surface area (Å²) in [6.45, 7) is 5.55. The first-order chi connectivity index (χ1) is 9.69. The van der Waals surface area contributed by atoms with Gasteiger partial charge >= 0.3 is 0 Å². The van der Waals surface area contributed by atoms with E-state index in [9.17, 15) is 0 Å². The summed E-state index contributed by atoms with van der Waals surface area (Å²) in [6, 6.07) is 7.08. The van der Waals surface area contributed by atoms with Gasteiger partial charge in [-0.25, -0.2) is 0 Å². The Kier molecular flexibility index (Phi) is 5.73. The van der Waals surface area contributed by atoms with Crippen molar-refractivity contribution in [2.24, 2.45) is 5.73 Å². The molecule has 1 aliphatic rings. The van der Waals surface area contributed by atoms with E-state index in [2.05, 4.69) is 36.9 Å². The van der Waals surface area contributed by atoms with Gasteiger partial charge in [0.1, 0.15) is 4.99 Å². The van der Waals surface area contributed by atoms with Crippen LogP contribution in [-0.4, -0.2) is 23.3 Å². The summed E-state index contributed by atoms with van der Waals surface area (Å²) < 4.78 is 0. The van der Waals surface area contributed by atoms with Gasteiger partial charge in [0.15, 0.2) is 0 Å². The van der Waals surface area contributed by atoms with Crippen molar-refractivity contribution < 1.29 is 0 Å². The van der Waals surface area contributed by atoms with Crippen LogP contribution in [0.3, 0.4) is 0 Å². The van der Waals surface area contributed by atoms with E-state index in [-0.39, 0.29) is 0 Å². The molecule has 1 atom stereocenters. The van der Waals surface area contributed by atoms with Crippen LogP contribution in [-0.2, 0) is 0 Å². The Morgan fingerprint density at radius 3 is 2.85 bits per heavy atom. The molecule has 0 aromatic heterocycles. The van der Waals surface area contributed by atoms with E-state index in [1.165, 1.54) is 36.3 Å². The maximum Gasteiger partial charge on any atom is 0.107 e. The smallest absolute Gasteiger partial charge is 0.107 e. The number of anilines is 1. The summed E-state index contributed by atoms with van der Waals surface area (Å²) in [5.41, 5.74) is 8.35. The molecule has 1 saturated heterocycles. The van der Waals surface area contributed by atoms with Crippen LogP contribution in [0, 0.1) is 0 Å². The van der Waals surface area contributed by atoms with E-state index in [1.54, 1.807) is 0 Å². The zero-order valence-corrected chi connectivity index (χ0v) is 14.0. The monoisotopic (exact) mass is 308 g/mol. The zero-order valence-electron chi connectivity index (χ0n) is 12.4. The molecule has 110 valence electrons. The molecule has 2 N–H and O–H groups in total. The maximum absolute atomic E-state index is 6.03. The molecule has 4 heteroatoms. The molecular weight excluding hydrogens is 284 g/mol. The highest BCUT2D eigenvalue weighted by Crippen LogP contribution is 2.34. The van der Waals surface area contributed by atoms with Crippen molar-refractivity contribution in [3.63, 3.8) is 0 Å². The number of thioether (sulfide) groups is 1. The fourth-order valence-electron chi connectivity index (χ4n) is 3.02. The highest BCUT2D eigenvalue weighted by atomic mass is 32.2. The average molecular weight is 309 g/mol. The number of nitrogens with two attached hydrogens (primary N) is 1. The maximum atomic E-state index is 6.03. The molecule has 1 fully saturated rings. The SMILES string of the molecule is CCSc1cccc(N2CCCCC2CC)c1C(N)=S. The van der Waals surface area contributed by atoms with Crippen LogP contribution in [0.2, 0.25) is 0 Å². The number of benzene rings is 1. The molecule has 1 heterocycles. The molecule has 0 bridgehead atoms. The van der Waals surface area contributed by atoms with Crippen LogP contribution in [0.4, 0.5) is 5.69 Å². The van der Waals surface area contributed by atoms with Crippen molar-refractivity contribution in [2.45, 2.75) is 50.5 Å². The first kappa shape index (κ1) is 15.6. The number of hydrogen-bond acceptors (Lipinski definition) is 3. The summed E-state index contributed by atoms with van der Waals surface area (Å²) in [6.07, 6.45) is 5.06. The van der Waals surface area contributed by atoms with Gasteiger partial charge in [0.25, 0.3) is 0 Å². The lowest BCUT2D eigenvalue weighted by Gasteiger charge is -2.38. The van der Waals surface area contributed by atoms with Gasteiger partial charge in [-0.05, 0) is 43.6 Å². The third kappa shape index (κ3) is 3.29. The Labute approximate surface area is 132 Å². The van der Waals surface area contributed by atoms with Gasteiger partial charge in [-0.15, -0.1) is 11.8 Å². The van der Waals surface area contributed by atoms with Gasteiger partial charge < -0.3 is 10.6 Å². The van der Waals surface area contributed by atoms with Gasteiger partial charge in [-0.1, -0.05) is 32.1 Å². The van der Waals surface area contributed by atoms with Crippen LogP contribution in [0.15, 0.2) is 23.1 Å². The highest BCUT2D eigenvalue weighted by molar-refractivity contribution is 7.99. The van der Waals surface area contributed by atoms with Crippen LogP contribution in [0.25, 0.3) is 0 Å². The molecule has 20 heavy (non-hydrogen) atoms. The molecule has 2 nitrogen and oxygen atoms in total. The number of hydrogen-bond donors (Lipinski definition) is 1. The minimum Gasteiger partial charge on any atom is -0.389 e. The number of piperidine rings is 1. The molecule has 1 aromatic rings. The molecule has 0 saturated carbocycles. The Morgan fingerprint density at radius 1 is 1.40 bits per heavy atom. The standard InChI is InChI=1S/C16H24N2S2/c1-3-12-8-5-6-11-18(12)13-9-7-10-14(20-4-2)15(13)16(17)19/h7,9-10,12H,3-6,8,11H2,1-2H3,(H2,17,19). The predicted molar refractivity (Wildman–Crippen MR) is 94.0 cm³/mol. The van der Waals surface area contributed by atoms with Crippen molar-refractivity contribution in [3.8, 4) is 0 Å². The minimum absolute atomic E-state index is 0.525. The molecule has 1 unspecified atom stereocenters. The summed E-state index contributed by atoms with van der Waals surface area (Å²) in [5, 5.41) is 0. The number of thiocarbonyl (C=S) groups is 1. The summed E-state index contributed by atoms with van der Waals surface area (Å²) in [4.78, 5) is 4.27. The Balaban J connectivity index is 2.43. The van der Waals surface area contributed by atoms with Crippen LogP contribution >= 0.6 is 24.0 Å². The lowest BCUT2D eigenvalue weighted by Crippen LogP contribution is -2.40. The molecule has 0 radical (unpaired) electrons. The van der Waals surface area contributed by atoms with E-state index in [4.69, 9.17) is 18.0 Å². The van der Waals surface area contributed by atoms with Crippen molar-refractivity contribution in [2.75, 3.05) is 17.2 Å².